The summed E-state index contributed by atoms with van der Waals surface area (Å²) in [5.74, 6) is -0.241. The number of carbonyl (C=O) groups excluding carboxylic acids is 1. The standard InChI is InChI=1S/C13H18O2S/c1-5-15-12(14)10-8-6-7-9-11(10)16-13(2,3)4/h6-9H,5H2,1-4H3. The lowest BCUT2D eigenvalue weighted by molar-refractivity contribution is 0.0522. The fourth-order valence-electron chi connectivity index (χ4n) is 1.26. The van der Waals surface area contributed by atoms with Crippen LogP contribution in [0.25, 0.3) is 0 Å². The van der Waals surface area contributed by atoms with Crippen LogP contribution < -0.4 is 0 Å². The van der Waals surface area contributed by atoms with E-state index in [-0.39, 0.29) is 10.7 Å². The van der Waals surface area contributed by atoms with E-state index >= 15 is 0 Å². The van der Waals surface area contributed by atoms with Gasteiger partial charge in [0.1, 0.15) is 0 Å². The molecule has 3 heteroatoms. The predicted octanol–water partition coefficient (Wildman–Crippen LogP) is 3.75. The second-order valence-electron chi connectivity index (χ2n) is 4.43. The summed E-state index contributed by atoms with van der Waals surface area (Å²) in [6.07, 6.45) is 0. The largest absolute Gasteiger partial charge is 0.462 e. The van der Waals surface area contributed by atoms with Crippen molar-refractivity contribution >= 4 is 17.7 Å². The zero-order valence-corrected chi connectivity index (χ0v) is 11.1. The second kappa shape index (κ2) is 5.39. The molecule has 0 spiro atoms. The minimum atomic E-state index is -0.241. The highest BCUT2D eigenvalue weighted by Gasteiger charge is 2.18. The van der Waals surface area contributed by atoms with Crippen LogP contribution in [-0.2, 0) is 4.74 Å². The average Bonchev–Trinajstić information content (AvgIpc) is 2.16. The van der Waals surface area contributed by atoms with Gasteiger partial charge in [-0.3, -0.25) is 0 Å². The molecule has 2 nitrogen and oxygen atoms in total. The van der Waals surface area contributed by atoms with Crippen molar-refractivity contribution in [2.45, 2.75) is 37.3 Å². The van der Waals surface area contributed by atoms with Crippen molar-refractivity contribution in [3.05, 3.63) is 29.8 Å². The number of esters is 1. The van der Waals surface area contributed by atoms with Gasteiger partial charge in [-0.1, -0.05) is 32.9 Å². The number of hydrogen-bond donors (Lipinski definition) is 0. The zero-order valence-electron chi connectivity index (χ0n) is 10.2. The summed E-state index contributed by atoms with van der Waals surface area (Å²) in [4.78, 5) is 12.7. The molecule has 0 radical (unpaired) electrons. The highest BCUT2D eigenvalue weighted by Crippen LogP contribution is 2.34. The molecular weight excluding hydrogens is 220 g/mol. The van der Waals surface area contributed by atoms with E-state index < -0.39 is 0 Å². The number of hydrogen-bond acceptors (Lipinski definition) is 3. The fraction of sp³-hybridized carbons (Fsp3) is 0.462. The van der Waals surface area contributed by atoms with Crippen molar-refractivity contribution in [2.75, 3.05) is 6.61 Å². The van der Waals surface area contributed by atoms with Crippen LogP contribution in [0.1, 0.15) is 38.1 Å². The summed E-state index contributed by atoms with van der Waals surface area (Å²) < 4.78 is 5.12. The highest BCUT2D eigenvalue weighted by molar-refractivity contribution is 8.00. The first-order valence-corrected chi connectivity index (χ1v) is 6.21. The fourth-order valence-corrected chi connectivity index (χ4v) is 2.33. The quantitative estimate of drug-likeness (QED) is 0.592. The Labute approximate surface area is 101 Å². The van der Waals surface area contributed by atoms with Gasteiger partial charge in [0.05, 0.1) is 12.2 Å². The Bertz CT molecular complexity index is 366. The summed E-state index contributed by atoms with van der Waals surface area (Å²) in [5.41, 5.74) is 0.657. The molecule has 0 aliphatic rings. The molecule has 0 aliphatic heterocycles. The number of benzene rings is 1. The van der Waals surface area contributed by atoms with Crippen LogP contribution in [-0.4, -0.2) is 17.3 Å². The van der Waals surface area contributed by atoms with Crippen LogP contribution >= 0.6 is 11.8 Å². The smallest absolute Gasteiger partial charge is 0.339 e. The van der Waals surface area contributed by atoms with E-state index in [0.29, 0.717) is 12.2 Å². The number of thioether (sulfide) groups is 1. The monoisotopic (exact) mass is 238 g/mol. The lowest BCUT2D eigenvalue weighted by Crippen LogP contribution is -2.11. The van der Waals surface area contributed by atoms with E-state index in [4.69, 9.17) is 4.74 Å². The van der Waals surface area contributed by atoms with Gasteiger partial charge in [0.15, 0.2) is 0 Å². The minimum Gasteiger partial charge on any atom is -0.462 e. The Morgan fingerprint density at radius 3 is 2.50 bits per heavy atom. The van der Waals surface area contributed by atoms with Crippen LogP contribution in [0.15, 0.2) is 29.2 Å². The van der Waals surface area contributed by atoms with Gasteiger partial charge in [-0.2, -0.15) is 0 Å². The molecule has 0 bridgehead atoms. The van der Waals surface area contributed by atoms with Crippen molar-refractivity contribution in [1.82, 2.24) is 0 Å². The summed E-state index contributed by atoms with van der Waals surface area (Å²) >= 11 is 1.68. The number of rotatable bonds is 3. The molecule has 1 rings (SSSR count). The third-order valence-electron chi connectivity index (χ3n) is 1.80. The predicted molar refractivity (Wildman–Crippen MR) is 68.0 cm³/mol. The minimum absolute atomic E-state index is 0.0859. The van der Waals surface area contributed by atoms with E-state index in [9.17, 15) is 4.79 Å². The molecule has 0 saturated heterocycles. The van der Waals surface area contributed by atoms with Gasteiger partial charge in [0, 0.05) is 9.64 Å². The molecule has 0 saturated carbocycles. The van der Waals surface area contributed by atoms with E-state index in [2.05, 4.69) is 20.8 Å². The van der Waals surface area contributed by atoms with Gasteiger partial charge < -0.3 is 4.74 Å². The van der Waals surface area contributed by atoms with Crippen LogP contribution in [0.4, 0.5) is 0 Å². The SMILES string of the molecule is CCOC(=O)c1ccccc1SC(C)(C)C. The van der Waals surface area contributed by atoms with Gasteiger partial charge >= 0.3 is 5.97 Å². The Morgan fingerprint density at radius 1 is 1.31 bits per heavy atom. The van der Waals surface area contributed by atoms with Crippen LogP contribution in [0.5, 0.6) is 0 Å². The van der Waals surface area contributed by atoms with Crippen molar-refractivity contribution in [3.63, 3.8) is 0 Å². The molecule has 0 aromatic heterocycles. The van der Waals surface area contributed by atoms with Gasteiger partial charge in [0.2, 0.25) is 0 Å². The Kier molecular flexibility index (Phi) is 4.42. The third kappa shape index (κ3) is 3.89. The average molecular weight is 238 g/mol. The van der Waals surface area contributed by atoms with E-state index in [1.165, 1.54) is 0 Å². The lowest BCUT2D eigenvalue weighted by Gasteiger charge is -2.19. The molecule has 16 heavy (non-hydrogen) atoms. The molecule has 0 aliphatic carbocycles. The number of ether oxygens (including phenoxy) is 1. The van der Waals surface area contributed by atoms with E-state index in [0.717, 1.165) is 4.90 Å². The van der Waals surface area contributed by atoms with Gasteiger partial charge in [-0.15, -0.1) is 11.8 Å². The molecule has 0 fully saturated rings. The molecule has 0 unspecified atom stereocenters. The molecule has 1 aromatic carbocycles. The summed E-state index contributed by atoms with van der Waals surface area (Å²) in [5, 5.41) is 0. The molecule has 0 N–H and O–H groups in total. The Hall–Kier alpha value is -0.960. The first-order chi connectivity index (χ1) is 7.44. The normalized spacial score (nSPS) is 11.2. The van der Waals surface area contributed by atoms with E-state index in [1.54, 1.807) is 11.8 Å². The molecular formula is C13H18O2S. The molecule has 1 aromatic rings. The topological polar surface area (TPSA) is 26.3 Å². The van der Waals surface area contributed by atoms with Crippen LogP contribution in [0.3, 0.4) is 0 Å². The van der Waals surface area contributed by atoms with Crippen LogP contribution in [0.2, 0.25) is 0 Å². The Balaban J connectivity index is 2.96. The van der Waals surface area contributed by atoms with Gasteiger partial charge in [0.25, 0.3) is 0 Å². The maximum absolute atomic E-state index is 11.7. The zero-order chi connectivity index (χ0) is 12.2. The van der Waals surface area contributed by atoms with Crippen molar-refractivity contribution in [2.24, 2.45) is 0 Å². The number of carbonyl (C=O) groups is 1. The van der Waals surface area contributed by atoms with Gasteiger partial charge in [-0.05, 0) is 19.1 Å². The van der Waals surface area contributed by atoms with Crippen LogP contribution in [0, 0.1) is 0 Å². The molecule has 0 amide bonds. The first-order valence-electron chi connectivity index (χ1n) is 5.39. The highest BCUT2D eigenvalue weighted by atomic mass is 32.2. The van der Waals surface area contributed by atoms with Gasteiger partial charge in [-0.25, -0.2) is 4.79 Å². The van der Waals surface area contributed by atoms with Crippen molar-refractivity contribution < 1.29 is 9.53 Å². The molecule has 88 valence electrons. The van der Waals surface area contributed by atoms with Crippen molar-refractivity contribution in [1.29, 1.82) is 0 Å². The maximum Gasteiger partial charge on any atom is 0.339 e. The molecule has 0 atom stereocenters. The second-order valence-corrected chi connectivity index (χ2v) is 6.30. The first kappa shape index (κ1) is 13.1. The third-order valence-corrected chi connectivity index (χ3v) is 2.99. The van der Waals surface area contributed by atoms with Crippen molar-refractivity contribution in [3.8, 4) is 0 Å². The Morgan fingerprint density at radius 2 is 1.94 bits per heavy atom. The summed E-state index contributed by atoms with van der Waals surface area (Å²) in [7, 11) is 0. The van der Waals surface area contributed by atoms with E-state index in [1.807, 2.05) is 31.2 Å². The molecule has 0 heterocycles. The lowest BCUT2D eigenvalue weighted by atomic mass is 10.2. The summed E-state index contributed by atoms with van der Waals surface area (Å²) in [6, 6.07) is 7.57. The maximum atomic E-state index is 11.7. The summed E-state index contributed by atoms with van der Waals surface area (Å²) in [6.45, 7) is 8.60.